The van der Waals surface area contributed by atoms with Gasteiger partial charge in [0.05, 0.1) is 30.4 Å². The number of fused-ring (bicyclic) bond motifs is 1. The van der Waals surface area contributed by atoms with Crippen LogP contribution in [0.4, 0.5) is 0 Å². The summed E-state index contributed by atoms with van der Waals surface area (Å²) in [4.78, 5) is 14.8. The van der Waals surface area contributed by atoms with Crippen LogP contribution in [0.25, 0.3) is 11.0 Å². The lowest BCUT2D eigenvalue weighted by atomic mass is 9.75. The molecule has 3 heterocycles. The molecule has 0 N–H and O–H groups in total. The molecule has 5 rings (SSSR count). The number of hydrogen-bond donors (Lipinski definition) is 0. The Morgan fingerprint density at radius 1 is 1.06 bits per heavy atom. The smallest absolute Gasteiger partial charge is 0.328 e. The number of aryl methyl sites for hydroxylation is 2. The Hall–Kier alpha value is -2.41. The number of nitrogens with zero attached hydrogens (tertiary/aromatic N) is 3. The van der Waals surface area contributed by atoms with E-state index in [2.05, 4.69) is 67.3 Å². The molecule has 1 aromatic heterocycles. The van der Waals surface area contributed by atoms with Crippen LogP contribution in [-0.4, -0.2) is 45.9 Å². The van der Waals surface area contributed by atoms with Crippen LogP contribution in [0.1, 0.15) is 37.5 Å². The molecule has 3 aromatic rings. The van der Waals surface area contributed by atoms with Gasteiger partial charge in [-0.3, -0.25) is 14.0 Å². The molecule has 33 heavy (non-hydrogen) atoms. The van der Waals surface area contributed by atoms with Crippen molar-refractivity contribution in [2.45, 2.75) is 38.5 Å². The number of benzene rings is 2. The third-order valence-corrected chi connectivity index (χ3v) is 7.58. The Balaban J connectivity index is 1.34. The van der Waals surface area contributed by atoms with Crippen LogP contribution < -0.4 is 5.69 Å². The first kappa shape index (κ1) is 22.4. The topological polar surface area (TPSA) is 48.6 Å². The molecule has 176 valence electrons. The Morgan fingerprint density at radius 3 is 2.58 bits per heavy atom. The minimum Gasteiger partial charge on any atom is -0.370 e. The maximum atomic E-state index is 12.3. The second-order valence-corrected chi connectivity index (χ2v) is 10.2. The Morgan fingerprint density at radius 2 is 1.82 bits per heavy atom. The molecular weight excluding hydrogens is 414 g/mol. The van der Waals surface area contributed by atoms with Crippen LogP contribution in [0, 0.1) is 11.8 Å². The van der Waals surface area contributed by atoms with E-state index in [0.29, 0.717) is 18.4 Å². The fourth-order valence-electron chi connectivity index (χ4n) is 5.71. The van der Waals surface area contributed by atoms with Gasteiger partial charge < -0.3 is 9.47 Å². The molecule has 1 spiro atoms. The van der Waals surface area contributed by atoms with Gasteiger partial charge in [0.1, 0.15) is 5.60 Å². The van der Waals surface area contributed by atoms with Crippen molar-refractivity contribution in [3.8, 4) is 0 Å². The van der Waals surface area contributed by atoms with Gasteiger partial charge in [0.2, 0.25) is 0 Å². The molecule has 3 atom stereocenters. The third kappa shape index (κ3) is 4.16. The Bertz CT molecular complexity index is 1180. The van der Waals surface area contributed by atoms with Crippen LogP contribution in [-0.2, 0) is 30.1 Å². The molecule has 0 saturated carbocycles. The highest BCUT2D eigenvalue weighted by atomic mass is 16.6. The highest BCUT2D eigenvalue weighted by Crippen LogP contribution is 2.44. The van der Waals surface area contributed by atoms with E-state index in [0.717, 1.165) is 43.7 Å². The van der Waals surface area contributed by atoms with Crippen molar-refractivity contribution in [3.63, 3.8) is 0 Å². The SMILES string of the molecule is CC(C)[C@@H]1C[C@@]2(CO[C@H]1c1ccccc1)CN(Cc1ccc3c(c1)n(C)c(=O)n3C)CCO2. The van der Waals surface area contributed by atoms with Gasteiger partial charge >= 0.3 is 5.69 Å². The first-order chi connectivity index (χ1) is 15.9. The minimum absolute atomic E-state index is 0.0135. The zero-order chi connectivity index (χ0) is 23.2. The van der Waals surface area contributed by atoms with Gasteiger partial charge in [-0.1, -0.05) is 50.2 Å². The summed E-state index contributed by atoms with van der Waals surface area (Å²) in [5.41, 5.74) is 4.19. The van der Waals surface area contributed by atoms with E-state index in [4.69, 9.17) is 9.47 Å². The number of morpholine rings is 1. The molecule has 2 fully saturated rings. The molecule has 6 heteroatoms. The summed E-state index contributed by atoms with van der Waals surface area (Å²) >= 11 is 0. The lowest BCUT2D eigenvalue weighted by Crippen LogP contribution is -2.58. The van der Waals surface area contributed by atoms with Crippen LogP contribution in [0.2, 0.25) is 0 Å². The van der Waals surface area contributed by atoms with E-state index < -0.39 is 0 Å². The van der Waals surface area contributed by atoms with Crippen molar-refractivity contribution in [1.82, 2.24) is 14.0 Å². The zero-order valence-electron chi connectivity index (χ0n) is 20.2. The minimum atomic E-state index is -0.262. The fraction of sp³-hybridized carbons (Fsp3) is 0.519. The predicted molar refractivity (Wildman–Crippen MR) is 130 cm³/mol. The standard InChI is InChI=1S/C27H35N3O3/c1-19(2)22-15-27(18-32-25(22)21-8-6-5-7-9-21)17-30(12-13-33-27)16-20-10-11-23-24(14-20)29(4)26(31)28(23)3/h5-11,14,19,22,25H,12-13,15-18H2,1-4H3/t22-,25-,27-/m0/s1. The van der Waals surface area contributed by atoms with E-state index in [1.165, 1.54) is 11.1 Å². The maximum absolute atomic E-state index is 12.3. The van der Waals surface area contributed by atoms with Crippen molar-refractivity contribution in [1.29, 1.82) is 0 Å². The summed E-state index contributed by atoms with van der Waals surface area (Å²) in [5.74, 6) is 0.921. The Labute approximate surface area is 195 Å². The summed E-state index contributed by atoms with van der Waals surface area (Å²) in [6, 6.07) is 17.0. The van der Waals surface area contributed by atoms with E-state index in [-0.39, 0.29) is 17.4 Å². The monoisotopic (exact) mass is 449 g/mol. The van der Waals surface area contributed by atoms with Gasteiger partial charge in [-0.25, -0.2) is 4.79 Å². The quantitative estimate of drug-likeness (QED) is 0.607. The molecular formula is C27H35N3O3. The van der Waals surface area contributed by atoms with E-state index in [1.54, 1.807) is 9.13 Å². The van der Waals surface area contributed by atoms with Crippen LogP contribution in [0.15, 0.2) is 53.3 Å². The van der Waals surface area contributed by atoms with Crippen molar-refractivity contribution >= 4 is 11.0 Å². The number of imidazole rings is 1. The molecule has 2 aromatic carbocycles. The van der Waals surface area contributed by atoms with Gasteiger partial charge in [-0.2, -0.15) is 0 Å². The van der Waals surface area contributed by atoms with Gasteiger partial charge in [-0.15, -0.1) is 0 Å². The summed E-state index contributed by atoms with van der Waals surface area (Å²) in [6.45, 7) is 8.55. The van der Waals surface area contributed by atoms with Crippen LogP contribution >= 0.6 is 0 Å². The molecule has 6 nitrogen and oxygen atoms in total. The average molecular weight is 450 g/mol. The second-order valence-electron chi connectivity index (χ2n) is 10.2. The van der Waals surface area contributed by atoms with E-state index in [1.807, 2.05) is 14.1 Å². The predicted octanol–water partition coefficient (Wildman–Crippen LogP) is 3.88. The number of aromatic nitrogens is 2. The lowest BCUT2D eigenvalue weighted by Gasteiger charge is -2.50. The molecule has 0 bridgehead atoms. The first-order valence-corrected chi connectivity index (χ1v) is 12.0. The summed E-state index contributed by atoms with van der Waals surface area (Å²) < 4.78 is 16.4. The average Bonchev–Trinajstić information content (AvgIpc) is 3.03. The summed E-state index contributed by atoms with van der Waals surface area (Å²) in [5, 5.41) is 0. The molecule has 0 unspecified atom stereocenters. The van der Waals surface area contributed by atoms with Crippen LogP contribution in [0.3, 0.4) is 0 Å². The number of rotatable bonds is 4. The fourth-order valence-corrected chi connectivity index (χ4v) is 5.71. The molecule has 0 radical (unpaired) electrons. The van der Waals surface area contributed by atoms with Gasteiger partial charge in [0.25, 0.3) is 0 Å². The highest BCUT2D eigenvalue weighted by molar-refractivity contribution is 5.76. The largest absolute Gasteiger partial charge is 0.370 e. The maximum Gasteiger partial charge on any atom is 0.328 e. The zero-order valence-corrected chi connectivity index (χ0v) is 20.2. The molecule has 0 amide bonds. The van der Waals surface area contributed by atoms with E-state index in [9.17, 15) is 4.79 Å². The normalized spacial score (nSPS) is 26.5. The van der Waals surface area contributed by atoms with Crippen molar-refractivity contribution in [3.05, 3.63) is 70.1 Å². The van der Waals surface area contributed by atoms with Gasteiger partial charge in [-0.05, 0) is 41.5 Å². The molecule has 2 saturated heterocycles. The molecule has 0 aliphatic carbocycles. The Kier molecular flexibility index (Phi) is 5.93. The van der Waals surface area contributed by atoms with E-state index >= 15 is 0 Å². The number of ether oxygens (including phenoxy) is 2. The second kappa shape index (κ2) is 8.75. The van der Waals surface area contributed by atoms with Crippen molar-refractivity contribution in [2.24, 2.45) is 25.9 Å². The number of hydrogen-bond acceptors (Lipinski definition) is 4. The lowest BCUT2D eigenvalue weighted by molar-refractivity contribution is -0.211. The summed E-state index contributed by atoms with van der Waals surface area (Å²) in [6.07, 6.45) is 1.13. The first-order valence-electron chi connectivity index (χ1n) is 12.0. The van der Waals surface area contributed by atoms with Crippen LogP contribution in [0.5, 0.6) is 0 Å². The third-order valence-electron chi connectivity index (χ3n) is 7.58. The van der Waals surface area contributed by atoms with Crippen molar-refractivity contribution in [2.75, 3.05) is 26.3 Å². The molecule has 2 aliphatic rings. The van der Waals surface area contributed by atoms with Crippen molar-refractivity contribution < 1.29 is 9.47 Å². The van der Waals surface area contributed by atoms with Gasteiger partial charge in [0.15, 0.2) is 0 Å². The van der Waals surface area contributed by atoms with Gasteiger partial charge in [0, 0.05) is 33.7 Å². The highest BCUT2D eigenvalue weighted by Gasteiger charge is 2.46. The summed E-state index contributed by atoms with van der Waals surface area (Å²) in [7, 11) is 3.67. The molecule has 2 aliphatic heterocycles.